The molecule has 0 saturated heterocycles. The van der Waals surface area contributed by atoms with E-state index in [1.165, 1.54) is 20.9 Å². The molecule has 7 nitrogen and oxygen atoms in total. The Bertz CT molecular complexity index is 4150. The maximum Gasteiger partial charge on any atom is 0.101 e. The highest BCUT2D eigenvalue weighted by Crippen LogP contribution is 2.60. The maximum absolute atomic E-state index is 10.9. The average Bonchev–Trinajstić information content (AvgIpc) is 3.68. The summed E-state index contributed by atoms with van der Waals surface area (Å²) in [7, 11) is 0. The van der Waals surface area contributed by atoms with Crippen molar-refractivity contribution in [3.63, 3.8) is 0 Å². The van der Waals surface area contributed by atoms with Crippen molar-refractivity contribution in [1.29, 1.82) is 21.0 Å². The van der Waals surface area contributed by atoms with Gasteiger partial charge in [0.1, 0.15) is 18.2 Å². The highest BCUT2D eigenvalue weighted by molar-refractivity contribution is 8.03. The monoisotopic (exact) mass is 1120 g/mol. The number of anilines is 8. The number of thioether (sulfide) groups is 2. The van der Waals surface area contributed by atoms with Crippen molar-refractivity contribution in [2.45, 2.75) is 83.3 Å². The van der Waals surface area contributed by atoms with Crippen LogP contribution in [0, 0.1) is 72.0 Å². The van der Waals surface area contributed by atoms with E-state index in [4.69, 9.17) is 0 Å². The summed E-state index contributed by atoms with van der Waals surface area (Å²) in [5, 5.41) is 41.9. The van der Waals surface area contributed by atoms with Gasteiger partial charge in [0.2, 0.25) is 0 Å². The van der Waals surface area contributed by atoms with Crippen molar-refractivity contribution in [1.82, 2.24) is 0 Å². The lowest BCUT2D eigenvalue weighted by atomic mass is 9.99. The summed E-state index contributed by atoms with van der Waals surface area (Å²) in [6.45, 7) is 10.5. The van der Waals surface area contributed by atoms with Crippen molar-refractivity contribution in [3.8, 4) is 48.3 Å². The molecule has 4 aliphatic rings. The van der Waals surface area contributed by atoms with Crippen LogP contribution in [0.3, 0.4) is 0 Å². The zero-order valence-electron chi connectivity index (χ0n) is 45.4. The molecular weight excluding hydrogens is 1070 g/mol. The lowest BCUT2D eigenvalue weighted by Crippen LogP contribution is -2.24. The van der Waals surface area contributed by atoms with Crippen molar-refractivity contribution in [2.75, 3.05) is 14.7 Å². The molecule has 0 amide bonds. The molecule has 3 aliphatic heterocycles. The van der Waals surface area contributed by atoms with Crippen molar-refractivity contribution < 1.29 is 0 Å². The number of hydrogen-bond acceptors (Lipinski definition) is 11. The molecule has 81 heavy (non-hydrogen) atoms. The fourth-order valence-corrected chi connectivity index (χ4v) is 15.0. The number of rotatable bonds is 8. The molecule has 0 radical (unpaired) electrons. The van der Waals surface area contributed by atoms with Gasteiger partial charge in [0, 0.05) is 40.0 Å². The summed E-state index contributed by atoms with van der Waals surface area (Å²) in [6, 6.07) is 63.0. The predicted molar refractivity (Wildman–Crippen MR) is 338 cm³/mol. The van der Waals surface area contributed by atoms with Crippen LogP contribution in [0.5, 0.6) is 0 Å². The Balaban J connectivity index is 0.000000353. The molecule has 0 spiro atoms. The van der Waals surface area contributed by atoms with Crippen LogP contribution in [-0.2, 0) is 0 Å². The lowest BCUT2D eigenvalue weighted by molar-refractivity contribution is 0.902. The van der Waals surface area contributed by atoms with E-state index in [1.54, 1.807) is 47.4 Å². The van der Waals surface area contributed by atoms with Crippen LogP contribution in [0.4, 0.5) is 45.5 Å². The summed E-state index contributed by atoms with van der Waals surface area (Å²) in [5.74, 6) is 0. The molecular formula is C70H53N7S4. The first-order valence-electron chi connectivity index (χ1n) is 26.4. The second-order valence-electron chi connectivity index (χ2n) is 19.1. The first kappa shape index (κ1) is 55.4. The zero-order valence-corrected chi connectivity index (χ0v) is 48.6. The number of benzene rings is 8. The van der Waals surface area contributed by atoms with Gasteiger partial charge in [-0.2, -0.15) is 21.0 Å². The summed E-state index contributed by atoms with van der Waals surface area (Å²) in [5.41, 5.74) is 15.4. The Hall–Kier alpha value is -8.96. The smallest absolute Gasteiger partial charge is 0.101 e. The summed E-state index contributed by atoms with van der Waals surface area (Å²) >= 11 is 7.05. The van der Waals surface area contributed by atoms with Gasteiger partial charge in [-0.15, -0.1) is 12.8 Å². The fourth-order valence-electron chi connectivity index (χ4n) is 10.5. The number of aryl methyl sites for hydroxylation is 2. The number of nitrogens with zero attached hydrogens (tertiary/aromatic N) is 7. The van der Waals surface area contributed by atoms with E-state index in [0.29, 0.717) is 33.6 Å². The molecule has 392 valence electrons. The minimum Gasteiger partial charge on any atom is -0.311 e. The standard InChI is InChI=1S/C53H31N7S3.C15H20S.C2H2/c1-32-24-45(34(29-55)25-33(32)28-54)59-41-16-4-8-22-50(41)62-52-37(12-10-18-43(52)59)38-13-11-19-44-53(38)63-51-23-9-5-17-42(51)60(44)47-27-46(35(30-56)26-36(47)31-57)58-39-14-2-6-20-48(39)61-49-21-7-3-15-40(49)58;1-5-9-12(3)14(6-2)16-15-11-8-7-10-13(15)4;1-2/h2,4-14,16-27H,3,15H2,1H3;5,7-11H,6H2,1-4H3;1-2H/b;9-5-,14-12+;. The number of nitriles is 4. The Morgan fingerprint density at radius 1 is 0.543 bits per heavy atom. The quantitative estimate of drug-likeness (QED) is 0.0825. The molecule has 12 rings (SSSR count). The molecule has 0 saturated carbocycles. The van der Waals surface area contributed by atoms with Crippen molar-refractivity contribution in [3.05, 3.63) is 236 Å². The Labute approximate surface area is 492 Å². The highest BCUT2D eigenvalue weighted by Gasteiger charge is 2.35. The van der Waals surface area contributed by atoms with E-state index in [-0.39, 0.29) is 0 Å². The number of fused-ring (bicyclic) bond motifs is 5. The van der Waals surface area contributed by atoms with Gasteiger partial charge in [-0.3, -0.25) is 0 Å². The van der Waals surface area contributed by atoms with Gasteiger partial charge in [-0.1, -0.05) is 157 Å². The van der Waals surface area contributed by atoms with Crippen LogP contribution in [-0.4, -0.2) is 0 Å². The molecule has 0 unspecified atom stereocenters. The van der Waals surface area contributed by atoms with Gasteiger partial charge >= 0.3 is 0 Å². The molecule has 0 N–H and O–H groups in total. The molecule has 0 aromatic heterocycles. The van der Waals surface area contributed by atoms with Crippen LogP contribution in [0.2, 0.25) is 0 Å². The van der Waals surface area contributed by atoms with E-state index < -0.39 is 0 Å². The van der Waals surface area contributed by atoms with Gasteiger partial charge in [0.15, 0.2) is 0 Å². The van der Waals surface area contributed by atoms with Gasteiger partial charge in [0.05, 0.1) is 73.8 Å². The van der Waals surface area contributed by atoms with E-state index in [2.05, 4.69) is 201 Å². The summed E-state index contributed by atoms with van der Waals surface area (Å²) in [4.78, 5) is 15.8. The van der Waals surface area contributed by atoms with Crippen LogP contribution in [0.25, 0.3) is 11.1 Å². The second-order valence-corrected chi connectivity index (χ2v) is 23.4. The van der Waals surface area contributed by atoms with E-state index >= 15 is 0 Å². The van der Waals surface area contributed by atoms with Crippen molar-refractivity contribution >= 4 is 92.5 Å². The molecule has 0 atom stereocenters. The van der Waals surface area contributed by atoms with Crippen LogP contribution >= 0.6 is 47.0 Å². The first-order chi connectivity index (χ1) is 39.7. The topological polar surface area (TPSA) is 105 Å². The Kier molecular flexibility index (Phi) is 16.8. The maximum atomic E-state index is 10.9. The summed E-state index contributed by atoms with van der Waals surface area (Å²) < 4.78 is 0. The predicted octanol–water partition coefficient (Wildman–Crippen LogP) is 20.4. The van der Waals surface area contributed by atoms with E-state index in [9.17, 15) is 21.0 Å². The third-order valence-corrected chi connectivity index (χ3v) is 19.3. The molecule has 0 fully saturated rings. The number of para-hydroxylation sites is 3. The number of terminal acetylenes is 1. The molecule has 8 aromatic carbocycles. The van der Waals surface area contributed by atoms with Gasteiger partial charge < -0.3 is 14.7 Å². The first-order valence-corrected chi connectivity index (χ1v) is 29.6. The SMILES string of the molecule is C#C.C/C=C\C(C)=C(/CC)Sc1ccccc1C.Cc1cc(N2c3ccccc3Sc3c(-c4cccc5c4Sc4ccccc4N5c4cc(N5C6=C(C=CCC6)Sc6ccccc65)c(C#N)cc4C#N)cccc32)c(C#N)cc1C#N. The number of hydrogen-bond donors (Lipinski definition) is 0. The molecule has 0 bridgehead atoms. The van der Waals surface area contributed by atoms with Crippen LogP contribution in [0.15, 0.2) is 232 Å². The molecule has 1 aliphatic carbocycles. The minimum absolute atomic E-state index is 0.400. The largest absolute Gasteiger partial charge is 0.311 e. The third kappa shape index (κ3) is 10.6. The van der Waals surface area contributed by atoms with Gasteiger partial charge in [0.25, 0.3) is 0 Å². The summed E-state index contributed by atoms with van der Waals surface area (Å²) in [6.07, 6.45) is 19.5. The minimum atomic E-state index is 0.400. The average molecular weight is 1120 g/mol. The zero-order chi connectivity index (χ0) is 56.7. The number of allylic oxidation sites excluding steroid dienone is 7. The Morgan fingerprint density at radius 3 is 1.54 bits per heavy atom. The Morgan fingerprint density at radius 2 is 1.01 bits per heavy atom. The van der Waals surface area contributed by atoms with Gasteiger partial charge in [-0.05, 0) is 159 Å². The normalized spacial score (nSPS) is 13.6. The molecule has 11 heteroatoms. The second kappa shape index (κ2) is 24.6. The third-order valence-electron chi connectivity index (χ3n) is 14.3. The molecule has 8 aromatic rings. The highest BCUT2D eigenvalue weighted by atomic mass is 32.2. The van der Waals surface area contributed by atoms with E-state index in [1.807, 2.05) is 67.2 Å². The van der Waals surface area contributed by atoms with Crippen LogP contribution in [0.1, 0.15) is 73.4 Å². The van der Waals surface area contributed by atoms with Crippen LogP contribution < -0.4 is 14.7 Å². The fraction of sp³-hybridized carbons (Fsp3) is 0.114. The van der Waals surface area contributed by atoms with Crippen molar-refractivity contribution in [2.24, 2.45) is 0 Å². The molecule has 3 heterocycles. The van der Waals surface area contributed by atoms with E-state index in [0.717, 1.165) is 105 Å². The van der Waals surface area contributed by atoms with Gasteiger partial charge in [-0.25, -0.2) is 0 Å². The lowest BCUT2D eigenvalue weighted by Gasteiger charge is -2.38.